The molecule has 0 radical (unpaired) electrons. The van der Waals surface area contributed by atoms with Crippen molar-refractivity contribution in [1.82, 2.24) is 0 Å². The molecule has 0 saturated carbocycles. The summed E-state index contributed by atoms with van der Waals surface area (Å²) in [6.07, 6.45) is 1.93. The number of aliphatic hydroxyl groups excluding tert-OH is 1. The largest absolute Gasteiger partial charge is 0.489 e. The third kappa shape index (κ3) is 4.25. The van der Waals surface area contributed by atoms with Gasteiger partial charge in [-0.25, -0.2) is 0 Å². The molecule has 7 rings (SSSR count). The molecule has 186 valence electrons. The lowest BCUT2D eigenvalue weighted by Gasteiger charge is -2.13. The monoisotopic (exact) mass is 496 g/mol. The van der Waals surface area contributed by atoms with E-state index >= 15 is 0 Å². The molecule has 3 nitrogen and oxygen atoms in total. The second-order valence-corrected chi connectivity index (χ2v) is 10.2. The van der Waals surface area contributed by atoms with Crippen molar-refractivity contribution in [2.24, 2.45) is 0 Å². The SMILES string of the molecule is OCc1cc(OCc2ccc3c(c2)Cc2ccccc2-3)cc(OCc2ccc3c(c2)Cc2ccccc2-3)c1. The van der Waals surface area contributed by atoms with E-state index in [0.29, 0.717) is 24.7 Å². The summed E-state index contributed by atoms with van der Waals surface area (Å²) in [7, 11) is 0. The zero-order valence-corrected chi connectivity index (χ0v) is 21.1. The molecule has 0 heterocycles. The molecule has 0 aromatic heterocycles. The van der Waals surface area contributed by atoms with Gasteiger partial charge in [0, 0.05) is 6.07 Å². The van der Waals surface area contributed by atoms with Gasteiger partial charge in [0.15, 0.2) is 0 Å². The van der Waals surface area contributed by atoms with Crippen molar-refractivity contribution < 1.29 is 14.6 Å². The number of fused-ring (bicyclic) bond motifs is 6. The molecule has 38 heavy (non-hydrogen) atoms. The Morgan fingerprint density at radius 1 is 0.474 bits per heavy atom. The first kappa shape index (κ1) is 22.8. The zero-order valence-electron chi connectivity index (χ0n) is 21.1. The highest BCUT2D eigenvalue weighted by molar-refractivity contribution is 5.77. The number of hydrogen-bond donors (Lipinski definition) is 1. The van der Waals surface area contributed by atoms with Gasteiger partial charge in [0.05, 0.1) is 6.61 Å². The van der Waals surface area contributed by atoms with Crippen molar-refractivity contribution in [2.75, 3.05) is 0 Å². The lowest BCUT2D eigenvalue weighted by atomic mass is 10.0. The molecule has 0 spiro atoms. The predicted octanol–water partition coefficient (Wildman–Crippen LogP) is 7.48. The van der Waals surface area contributed by atoms with Crippen molar-refractivity contribution in [3.8, 4) is 33.8 Å². The predicted molar refractivity (Wildman–Crippen MR) is 150 cm³/mol. The maximum atomic E-state index is 9.83. The van der Waals surface area contributed by atoms with Crippen molar-refractivity contribution in [1.29, 1.82) is 0 Å². The number of aliphatic hydroxyl groups is 1. The van der Waals surface area contributed by atoms with E-state index in [1.807, 2.05) is 18.2 Å². The number of benzene rings is 5. The average Bonchev–Trinajstić information content (AvgIpc) is 3.52. The summed E-state index contributed by atoms with van der Waals surface area (Å²) in [5.74, 6) is 1.39. The van der Waals surface area contributed by atoms with E-state index in [0.717, 1.165) is 29.5 Å². The highest BCUT2D eigenvalue weighted by atomic mass is 16.5. The highest BCUT2D eigenvalue weighted by Gasteiger charge is 2.19. The molecule has 2 aliphatic rings. The van der Waals surface area contributed by atoms with Crippen LogP contribution in [0.2, 0.25) is 0 Å². The second-order valence-electron chi connectivity index (χ2n) is 10.2. The molecule has 3 heteroatoms. The first-order chi connectivity index (χ1) is 18.7. The Balaban J connectivity index is 1.04. The van der Waals surface area contributed by atoms with E-state index < -0.39 is 0 Å². The Morgan fingerprint density at radius 2 is 0.947 bits per heavy atom. The van der Waals surface area contributed by atoms with Crippen LogP contribution < -0.4 is 9.47 Å². The second kappa shape index (κ2) is 9.51. The maximum absolute atomic E-state index is 9.83. The van der Waals surface area contributed by atoms with Gasteiger partial charge in [-0.15, -0.1) is 0 Å². The first-order valence-corrected chi connectivity index (χ1v) is 13.1. The topological polar surface area (TPSA) is 38.7 Å². The minimum Gasteiger partial charge on any atom is -0.489 e. The van der Waals surface area contributed by atoms with E-state index in [1.54, 1.807) is 0 Å². The molecule has 0 saturated heterocycles. The lowest BCUT2D eigenvalue weighted by Crippen LogP contribution is -2.00. The molecular formula is C35H28O3. The van der Waals surface area contributed by atoms with E-state index in [1.165, 1.54) is 44.5 Å². The molecule has 5 aromatic carbocycles. The van der Waals surface area contributed by atoms with Gasteiger partial charge in [-0.3, -0.25) is 0 Å². The summed E-state index contributed by atoms with van der Waals surface area (Å²) in [6.45, 7) is 0.856. The van der Waals surface area contributed by atoms with Gasteiger partial charge in [-0.2, -0.15) is 0 Å². The summed E-state index contributed by atoms with van der Waals surface area (Å²) in [6, 6.07) is 36.0. The number of hydrogen-bond acceptors (Lipinski definition) is 3. The Bertz CT molecular complexity index is 1550. The van der Waals surface area contributed by atoms with Gasteiger partial charge < -0.3 is 14.6 Å². The Hall–Kier alpha value is -4.34. The summed E-state index contributed by atoms with van der Waals surface area (Å²) in [4.78, 5) is 0. The molecule has 0 aliphatic heterocycles. The van der Waals surface area contributed by atoms with Crippen molar-refractivity contribution in [3.63, 3.8) is 0 Å². The minimum absolute atomic E-state index is 0.0677. The van der Waals surface area contributed by atoms with Crippen LogP contribution in [0, 0.1) is 0 Å². The molecule has 2 aliphatic carbocycles. The maximum Gasteiger partial charge on any atom is 0.123 e. The van der Waals surface area contributed by atoms with Gasteiger partial charge in [0.2, 0.25) is 0 Å². The number of rotatable bonds is 7. The van der Waals surface area contributed by atoms with Crippen LogP contribution in [0.4, 0.5) is 0 Å². The molecule has 5 aromatic rings. The average molecular weight is 497 g/mol. The Kier molecular flexibility index (Phi) is 5.71. The normalized spacial score (nSPS) is 12.4. The van der Waals surface area contributed by atoms with Crippen LogP contribution in [0.3, 0.4) is 0 Å². The van der Waals surface area contributed by atoms with Crippen LogP contribution in [-0.4, -0.2) is 5.11 Å². The van der Waals surface area contributed by atoms with Crippen LogP contribution in [0.15, 0.2) is 103 Å². The third-order valence-electron chi connectivity index (χ3n) is 7.65. The van der Waals surface area contributed by atoms with E-state index in [4.69, 9.17) is 9.47 Å². The Labute approximate surface area is 222 Å². The molecule has 0 bridgehead atoms. The molecule has 0 amide bonds. The van der Waals surface area contributed by atoms with Gasteiger partial charge in [-0.05, 0) is 86.2 Å². The van der Waals surface area contributed by atoms with Gasteiger partial charge >= 0.3 is 0 Å². The van der Waals surface area contributed by atoms with E-state index in [-0.39, 0.29) is 6.61 Å². The van der Waals surface area contributed by atoms with Crippen LogP contribution >= 0.6 is 0 Å². The molecular weight excluding hydrogens is 468 g/mol. The van der Waals surface area contributed by atoms with E-state index in [9.17, 15) is 5.11 Å². The standard InChI is InChI=1S/C35H28O3/c36-20-25-15-30(37-21-23-9-11-34-28(13-23)17-26-5-1-3-7-32(26)34)19-31(16-25)38-22-24-10-12-35-29(14-24)18-27-6-2-4-8-33(27)35/h1-16,19,36H,17-18,20-22H2. The molecule has 1 N–H and O–H groups in total. The van der Waals surface area contributed by atoms with Crippen molar-refractivity contribution in [2.45, 2.75) is 32.7 Å². The quantitative estimate of drug-likeness (QED) is 0.249. The van der Waals surface area contributed by atoms with Crippen molar-refractivity contribution in [3.05, 3.63) is 142 Å². The van der Waals surface area contributed by atoms with Crippen LogP contribution in [0.5, 0.6) is 11.5 Å². The fourth-order valence-corrected chi connectivity index (χ4v) is 5.80. The molecule has 0 fully saturated rings. The zero-order chi connectivity index (χ0) is 25.5. The smallest absolute Gasteiger partial charge is 0.123 e. The van der Waals surface area contributed by atoms with Crippen LogP contribution in [0.1, 0.15) is 38.9 Å². The van der Waals surface area contributed by atoms with E-state index in [2.05, 4.69) is 84.9 Å². The number of ether oxygens (including phenoxy) is 2. The molecule has 0 unspecified atom stereocenters. The summed E-state index contributed by atoms with van der Waals surface area (Å²) in [5, 5.41) is 9.83. The van der Waals surface area contributed by atoms with Gasteiger partial charge in [0.1, 0.15) is 24.7 Å². The van der Waals surface area contributed by atoms with Gasteiger partial charge in [0.25, 0.3) is 0 Å². The van der Waals surface area contributed by atoms with Gasteiger partial charge in [-0.1, -0.05) is 84.9 Å². The van der Waals surface area contributed by atoms with Crippen LogP contribution in [-0.2, 0) is 32.7 Å². The van der Waals surface area contributed by atoms with Crippen LogP contribution in [0.25, 0.3) is 22.3 Å². The Morgan fingerprint density at radius 3 is 1.45 bits per heavy atom. The molecule has 0 atom stereocenters. The minimum atomic E-state index is -0.0677. The summed E-state index contributed by atoms with van der Waals surface area (Å²) >= 11 is 0. The fourth-order valence-electron chi connectivity index (χ4n) is 5.80. The fraction of sp³-hybridized carbons (Fsp3) is 0.143. The summed E-state index contributed by atoms with van der Waals surface area (Å²) in [5.41, 5.74) is 13.8. The summed E-state index contributed by atoms with van der Waals surface area (Å²) < 4.78 is 12.3. The first-order valence-electron chi connectivity index (χ1n) is 13.1. The lowest BCUT2D eigenvalue weighted by molar-refractivity contribution is 0.271. The third-order valence-corrected chi connectivity index (χ3v) is 7.65. The highest BCUT2D eigenvalue weighted by Crippen LogP contribution is 2.38. The van der Waals surface area contributed by atoms with Crippen molar-refractivity contribution >= 4 is 0 Å².